The fraction of sp³-hybridized carbons (Fsp3) is 0.600. The largest absolute Gasteiger partial charge is 0.397 e. The molecule has 0 radical (unpaired) electrons. The monoisotopic (exact) mass is 311 g/mol. The van der Waals surface area contributed by atoms with E-state index in [0.717, 1.165) is 18.5 Å². The second kappa shape index (κ2) is 6.66. The Balaban J connectivity index is 2.25. The molecule has 118 valence electrons. The number of nitrogen functional groups attached to an aromatic ring is 1. The van der Waals surface area contributed by atoms with Gasteiger partial charge in [0.15, 0.2) is 0 Å². The van der Waals surface area contributed by atoms with Crippen LogP contribution in [-0.2, 0) is 10.0 Å². The van der Waals surface area contributed by atoms with Gasteiger partial charge in [-0.05, 0) is 44.0 Å². The van der Waals surface area contributed by atoms with E-state index < -0.39 is 10.0 Å². The third kappa shape index (κ3) is 3.68. The van der Waals surface area contributed by atoms with Gasteiger partial charge in [0.25, 0.3) is 0 Å². The van der Waals surface area contributed by atoms with Gasteiger partial charge in [0, 0.05) is 6.04 Å². The maximum Gasteiger partial charge on any atom is 0.240 e. The van der Waals surface area contributed by atoms with Gasteiger partial charge in [0.1, 0.15) is 0 Å². The Bertz CT molecular complexity index is 587. The summed E-state index contributed by atoms with van der Waals surface area (Å²) in [6.07, 6.45) is 5.96. The number of rotatable bonds is 5. The third-order valence-corrected chi connectivity index (χ3v) is 5.79. The van der Waals surface area contributed by atoms with Gasteiger partial charge in [-0.1, -0.05) is 26.2 Å². The van der Waals surface area contributed by atoms with Crippen molar-refractivity contribution in [2.45, 2.75) is 50.0 Å². The van der Waals surface area contributed by atoms with Crippen molar-refractivity contribution in [1.29, 1.82) is 0 Å². The predicted molar refractivity (Wildman–Crippen MR) is 86.8 cm³/mol. The van der Waals surface area contributed by atoms with Crippen LogP contribution in [0.15, 0.2) is 23.1 Å². The Morgan fingerprint density at radius 3 is 2.67 bits per heavy atom. The first-order valence-corrected chi connectivity index (χ1v) is 9.06. The molecule has 0 bridgehead atoms. The second-order valence-corrected chi connectivity index (χ2v) is 7.55. The quantitative estimate of drug-likeness (QED) is 0.730. The molecule has 0 aromatic heterocycles. The van der Waals surface area contributed by atoms with Gasteiger partial charge in [-0.15, -0.1) is 0 Å². The standard InChI is InChI=1S/C15H25N3O2S/c1-3-11-6-4-5-7-14(11)18-15-10-12(8-9-13(15)16)21(19,20)17-2/h8-11,14,17-18H,3-7,16H2,1-2H3. The first-order valence-electron chi connectivity index (χ1n) is 7.57. The van der Waals surface area contributed by atoms with E-state index in [4.69, 9.17) is 5.73 Å². The predicted octanol–water partition coefficient (Wildman–Crippen LogP) is 2.56. The normalized spacial score (nSPS) is 23.0. The molecule has 0 aliphatic heterocycles. The van der Waals surface area contributed by atoms with E-state index in [9.17, 15) is 8.42 Å². The van der Waals surface area contributed by atoms with Crippen LogP contribution in [0.5, 0.6) is 0 Å². The zero-order valence-electron chi connectivity index (χ0n) is 12.7. The van der Waals surface area contributed by atoms with E-state index >= 15 is 0 Å². The molecule has 1 aliphatic rings. The maximum atomic E-state index is 11.9. The molecular weight excluding hydrogens is 286 g/mol. The van der Waals surface area contributed by atoms with Crippen LogP contribution in [0, 0.1) is 5.92 Å². The van der Waals surface area contributed by atoms with Crippen LogP contribution in [0.25, 0.3) is 0 Å². The Morgan fingerprint density at radius 2 is 2.00 bits per heavy atom. The molecule has 1 fully saturated rings. The SMILES string of the molecule is CCC1CCCCC1Nc1cc(S(=O)(=O)NC)ccc1N. The van der Waals surface area contributed by atoms with Crippen LogP contribution >= 0.6 is 0 Å². The average Bonchev–Trinajstić information content (AvgIpc) is 2.49. The van der Waals surface area contributed by atoms with Gasteiger partial charge in [-0.2, -0.15) is 0 Å². The van der Waals surface area contributed by atoms with Crippen molar-refractivity contribution in [2.75, 3.05) is 18.1 Å². The average molecular weight is 311 g/mol. The van der Waals surface area contributed by atoms with E-state index in [-0.39, 0.29) is 4.90 Å². The number of hydrogen-bond donors (Lipinski definition) is 3. The van der Waals surface area contributed by atoms with E-state index in [1.54, 1.807) is 12.1 Å². The van der Waals surface area contributed by atoms with E-state index in [1.807, 2.05) is 0 Å². The zero-order valence-corrected chi connectivity index (χ0v) is 13.5. The first-order chi connectivity index (χ1) is 9.97. The number of hydrogen-bond acceptors (Lipinski definition) is 4. The molecule has 2 rings (SSSR count). The summed E-state index contributed by atoms with van der Waals surface area (Å²) in [7, 11) is -2.03. The van der Waals surface area contributed by atoms with Gasteiger partial charge in [-0.25, -0.2) is 13.1 Å². The number of sulfonamides is 1. The van der Waals surface area contributed by atoms with Crippen molar-refractivity contribution in [3.63, 3.8) is 0 Å². The zero-order chi connectivity index (χ0) is 15.5. The number of benzene rings is 1. The van der Waals surface area contributed by atoms with E-state index in [1.165, 1.54) is 32.4 Å². The summed E-state index contributed by atoms with van der Waals surface area (Å²) in [5, 5.41) is 3.47. The lowest BCUT2D eigenvalue weighted by atomic mass is 9.83. The summed E-state index contributed by atoms with van der Waals surface area (Å²) < 4.78 is 26.1. The van der Waals surface area contributed by atoms with Gasteiger partial charge >= 0.3 is 0 Å². The minimum absolute atomic E-state index is 0.241. The van der Waals surface area contributed by atoms with Crippen LogP contribution in [0.3, 0.4) is 0 Å². The molecule has 0 heterocycles. The van der Waals surface area contributed by atoms with E-state index in [0.29, 0.717) is 17.6 Å². The Morgan fingerprint density at radius 1 is 1.29 bits per heavy atom. The van der Waals surface area contributed by atoms with Gasteiger partial charge in [0.2, 0.25) is 10.0 Å². The topological polar surface area (TPSA) is 84.2 Å². The molecule has 2 unspecified atom stereocenters. The lowest BCUT2D eigenvalue weighted by molar-refractivity contribution is 0.317. The minimum Gasteiger partial charge on any atom is -0.397 e. The molecule has 21 heavy (non-hydrogen) atoms. The molecular formula is C15H25N3O2S. The molecule has 1 saturated carbocycles. The van der Waals surface area contributed by atoms with Crippen LogP contribution in [0.1, 0.15) is 39.0 Å². The molecule has 6 heteroatoms. The highest BCUT2D eigenvalue weighted by molar-refractivity contribution is 7.89. The van der Waals surface area contributed by atoms with Gasteiger partial charge < -0.3 is 11.1 Å². The first kappa shape index (κ1) is 16.1. The van der Waals surface area contributed by atoms with Crippen LogP contribution < -0.4 is 15.8 Å². The molecule has 0 saturated heterocycles. The van der Waals surface area contributed by atoms with E-state index in [2.05, 4.69) is 17.0 Å². The summed E-state index contributed by atoms with van der Waals surface area (Å²) in [5.41, 5.74) is 7.31. The summed E-state index contributed by atoms with van der Waals surface area (Å²) in [4.78, 5) is 0.241. The van der Waals surface area contributed by atoms with Crippen molar-refractivity contribution >= 4 is 21.4 Å². The van der Waals surface area contributed by atoms with Crippen LogP contribution in [-0.4, -0.2) is 21.5 Å². The highest BCUT2D eigenvalue weighted by Crippen LogP contribution is 2.31. The maximum absolute atomic E-state index is 11.9. The molecule has 5 nitrogen and oxygen atoms in total. The fourth-order valence-corrected chi connectivity index (χ4v) is 3.79. The molecule has 1 aromatic carbocycles. The lowest BCUT2D eigenvalue weighted by Gasteiger charge is -2.32. The van der Waals surface area contributed by atoms with Crippen LogP contribution in [0.4, 0.5) is 11.4 Å². The molecule has 1 aromatic rings. The summed E-state index contributed by atoms with van der Waals surface area (Å²) in [6.45, 7) is 2.20. The van der Waals surface area contributed by atoms with Crippen molar-refractivity contribution in [2.24, 2.45) is 5.92 Å². The highest BCUT2D eigenvalue weighted by Gasteiger charge is 2.24. The lowest BCUT2D eigenvalue weighted by Crippen LogP contribution is -2.32. The minimum atomic E-state index is -3.44. The third-order valence-electron chi connectivity index (χ3n) is 4.38. The highest BCUT2D eigenvalue weighted by atomic mass is 32.2. The summed E-state index contributed by atoms with van der Waals surface area (Å²) >= 11 is 0. The number of nitrogens with two attached hydrogens (primary N) is 1. The fourth-order valence-electron chi connectivity index (χ4n) is 3.03. The molecule has 4 N–H and O–H groups in total. The van der Waals surface area contributed by atoms with Crippen molar-refractivity contribution in [3.05, 3.63) is 18.2 Å². The number of anilines is 2. The molecule has 0 spiro atoms. The summed E-state index contributed by atoms with van der Waals surface area (Å²) in [5.74, 6) is 0.628. The van der Waals surface area contributed by atoms with Crippen LogP contribution in [0.2, 0.25) is 0 Å². The summed E-state index contributed by atoms with van der Waals surface area (Å²) in [6, 6.07) is 5.18. The number of nitrogens with one attached hydrogen (secondary N) is 2. The second-order valence-electron chi connectivity index (χ2n) is 5.66. The Labute approximate surface area is 127 Å². The molecule has 2 atom stereocenters. The van der Waals surface area contributed by atoms with Crippen molar-refractivity contribution in [1.82, 2.24) is 4.72 Å². The van der Waals surface area contributed by atoms with Crippen molar-refractivity contribution in [3.8, 4) is 0 Å². The van der Waals surface area contributed by atoms with Gasteiger partial charge in [0.05, 0.1) is 16.3 Å². The van der Waals surface area contributed by atoms with Gasteiger partial charge in [-0.3, -0.25) is 0 Å². The Kier molecular flexibility index (Phi) is 5.11. The molecule has 0 amide bonds. The van der Waals surface area contributed by atoms with Crippen molar-refractivity contribution < 1.29 is 8.42 Å². The Hall–Kier alpha value is -1.27. The smallest absolute Gasteiger partial charge is 0.240 e. The molecule has 1 aliphatic carbocycles.